The second-order valence-corrected chi connectivity index (χ2v) is 8.13. The van der Waals surface area contributed by atoms with Crippen LogP contribution in [-0.4, -0.2) is 26.2 Å². The molecule has 0 bridgehead atoms. The van der Waals surface area contributed by atoms with E-state index in [1.165, 1.54) is 0 Å². The van der Waals surface area contributed by atoms with E-state index < -0.39 is 22.4 Å². The molecule has 1 atom stereocenters. The summed E-state index contributed by atoms with van der Waals surface area (Å²) in [6.07, 6.45) is 0. The minimum atomic E-state index is -1.71. The molecule has 4 aromatic rings. The maximum absolute atomic E-state index is 13.0. The molecule has 0 fully saturated rings. The summed E-state index contributed by atoms with van der Waals surface area (Å²) in [6, 6.07) is 21.5. The highest BCUT2D eigenvalue weighted by Crippen LogP contribution is 2.46. The first-order valence-corrected chi connectivity index (χ1v) is 10.3. The van der Waals surface area contributed by atoms with Crippen LogP contribution < -0.4 is 0 Å². The number of aromatic amines is 1. The molecule has 0 aliphatic carbocycles. The molecule has 1 heterocycles. The summed E-state index contributed by atoms with van der Waals surface area (Å²) in [5.74, 6) is -2.05. The van der Waals surface area contributed by atoms with Crippen LogP contribution in [0.5, 0.6) is 0 Å². The molecule has 4 rings (SSSR count). The highest BCUT2D eigenvalue weighted by atomic mass is 32.1. The molecule has 0 aliphatic rings. The second-order valence-electron chi connectivity index (χ2n) is 7.69. The Hall–Kier alpha value is -3.38. The number of hydrogen-bond acceptors (Lipinski definition) is 3. The molecule has 0 saturated carbocycles. The standard InChI is InChI=1S/C25H22N2O3S/c1-15-13-19-20(14-16(15)2)27-22(26-19)21(23(28)31)25(24(29)30,17-9-5-3-6-10-17)18-11-7-4-8-12-18/h3-14,21H,1-2H3,(H,26,27)(H,28,31)(H,29,30). The number of aryl methyl sites for hydroxylation is 2. The van der Waals surface area contributed by atoms with Crippen molar-refractivity contribution in [3.63, 3.8) is 0 Å². The van der Waals surface area contributed by atoms with Crippen molar-refractivity contribution in [2.24, 2.45) is 0 Å². The number of nitrogens with one attached hydrogen (secondary N) is 1. The molecule has 31 heavy (non-hydrogen) atoms. The monoisotopic (exact) mass is 430 g/mol. The normalized spacial score (nSPS) is 12.6. The topological polar surface area (TPSA) is 83.1 Å². The lowest BCUT2D eigenvalue weighted by Crippen LogP contribution is -2.45. The number of nitrogens with zero attached hydrogens (tertiary/aromatic N) is 1. The lowest BCUT2D eigenvalue weighted by molar-refractivity contribution is -0.144. The summed E-state index contributed by atoms with van der Waals surface area (Å²) < 4.78 is 0. The van der Waals surface area contributed by atoms with Crippen LogP contribution in [0.25, 0.3) is 11.0 Å². The first kappa shape index (κ1) is 20.9. The Morgan fingerprint density at radius 2 is 1.45 bits per heavy atom. The zero-order valence-electron chi connectivity index (χ0n) is 17.2. The molecule has 0 spiro atoms. The Labute approximate surface area is 185 Å². The summed E-state index contributed by atoms with van der Waals surface area (Å²) in [5.41, 5.74) is 2.82. The quantitative estimate of drug-likeness (QED) is 0.384. The lowest BCUT2D eigenvalue weighted by Gasteiger charge is -2.35. The van der Waals surface area contributed by atoms with Crippen molar-refractivity contribution in [2.75, 3.05) is 0 Å². The molecule has 0 saturated heterocycles. The van der Waals surface area contributed by atoms with Gasteiger partial charge in [-0.25, -0.2) is 4.98 Å². The Bertz CT molecular complexity index is 1190. The van der Waals surface area contributed by atoms with Crippen LogP contribution in [0.1, 0.15) is 34.0 Å². The first-order chi connectivity index (χ1) is 14.9. The van der Waals surface area contributed by atoms with Gasteiger partial charge in [0.15, 0.2) is 5.12 Å². The Morgan fingerprint density at radius 1 is 0.935 bits per heavy atom. The van der Waals surface area contributed by atoms with Gasteiger partial charge >= 0.3 is 5.97 Å². The molecular formula is C25H22N2O3S. The third kappa shape index (κ3) is 3.43. The number of imidazole rings is 1. The summed E-state index contributed by atoms with van der Waals surface area (Å²) in [6.45, 7) is 3.98. The van der Waals surface area contributed by atoms with Crippen LogP contribution in [0, 0.1) is 13.8 Å². The fourth-order valence-electron chi connectivity index (χ4n) is 4.21. The van der Waals surface area contributed by atoms with Crippen LogP contribution in [0.2, 0.25) is 0 Å². The number of aromatic nitrogens is 2. The van der Waals surface area contributed by atoms with Gasteiger partial charge in [-0.2, -0.15) is 0 Å². The highest BCUT2D eigenvalue weighted by molar-refractivity contribution is 7.96. The SMILES string of the molecule is Cc1cc2nc(C(C(=O)S)C(C(=O)O)(c3ccccc3)c3ccccc3)[nH]c2cc1C. The Morgan fingerprint density at radius 3 is 1.94 bits per heavy atom. The molecule has 3 aromatic carbocycles. The second kappa shape index (κ2) is 8.04. The van der Waals surface area contributed by atoms with Gasteiger partial charge in [0.05, 0.1) is 11.0 Å². The Balaban J connectivity index is 2.06. The number of fused-ring (bicyclic) bond motifs is 1. The molecule has 0 amide bonds. The zero-order valence-corrected chi connectivity index (χ0v) is 18.1. The number of benzene rings is 3. The number of carboxylic acid groups (broad SMARTS) is 1. The van der Waals surface area contributed by atoms with Crippen LogP contribution >= 0.6 is 12.6 Å². The van der Waals surface area contributed by atoms with Crippen LogP contribution in [0.4, 0.5) is 0 Å². The van der Waals surface area contributed by atoms with Gasteiger partial charge in [0.25, 0.3) is 0 Å². The molecule has 1 unspecified atom stereocenters. The van der Waals surface area contributed by atoms with Crippen LogP contribution in [0.3, 0.4) is 0 Å². The number of rotatable bonds is 6. The average molecular weight is 431 g/mol. The third-order valence-corrected chi connectivity index (χ3v) is 6.12. The van der Waals surface area contributed by atoms with Crippen molar-refractivity contribution < 1.29 is 14.7 Å². The molecular weight excluding hydrogens is 408 g/mol. The third-order valence-electron chi connectivity index (χ3n) is 5.86. The molecule has 0 radical (unpaired) electrons. The van der Waals surface area contributed by atoms with Gasteiger partial charge in [-0.1, -0.05) is 60.7 Å². The smallest absolute Gasteiger partial charge is 0.319 e. The number of carbonyl (C=O) groups excluding carboxylic acids is 1. The minimum Gasteiger partial charge on any atom is -0.480 e. The fraction of sp³-hybridized carbons (Fsp3) is 0.160. The number of hydrogen-bond donors (Lipinski definition) is 3. The summed E-state index contributed by atoms with van der Waals surface area (Å²) in [5, 5.41) is 10.1. The Kier molecular flexibility index (Phi) is 5.41. The first-order valence-electron chi connectivity index (χ1n) is 9.89. The number of carboxylic acids is 1. The van der Waals surface area contributed by atoms with E-state index in [-0.39, 0.29) is 5.82 Å². The van der Waals surface area contributed by atoms with Crippen LogP contribution in [0.15, 0.2) is 72.8 Å². The van der Waals surface area contributed by atoms with Crippen molar-refractivity contribution in [3.8, 4) is 0 Å². The van der Waals surface area contributed by atoms with Crippen molar-refractivity contribution in [2.45, 2.75) is 25.2 Å². The summed E-state index contributed by atoms with van der Waals surface area (Å²) >= 11 is 4.15. The number of H-pyrrole nitrogens is 1. The average Bonchev–Trinajstić information content (AvgIpc) is 3.14. The van der Waals surface area contributed by atoms with Gasteiger partial charge in [-0.05, 0) is 48.2 Å². The molecule has 5 nitrogen and oxygen atoms in total. The van der Waals surface area contributed by atoms with Crippen molar-refractivity contribution in [1.29, 1.82) is 0 Å². The van der Waals surface area contributed by atoms with Crippen LogP contribution in [-0.2, 0) is 15.0 Å². The summed E-state index contributed by atoms with van der Waals surface area (Å²) in [7, 11) is 0. The van der Waals surface area contributed by atoms with E-state index in [9.17, 15) is 14.7 Å². The van der Waals surface area contributed by atoms with Gasteiger partial charge < -0.3 is 10.1 Å². The van der Waals surface area contributed by atoms with E-state index in [4.69, 9.17) is 0 Å². The van der Waals surface area contributed by atoms with Gasteiger partial charge in [0.2, 0.25) is 0 Å². The molecule has 0 aliphatic heterocycles. The van der Waals surface area contributed by atoms with Gasteiger partial charge in [0, 0.05) is 0 Å². The number of aliphatic carboxylic acids is 1. The van der Waals surface area contributed by atoms with E-state index in [1.54, 1.807) is 48.5 Å². The molecule has 1 aromatic heterocycles. The van der Waals surface area contributed by atoms with Crippen molar-refractivity contribution >= 4 is 34.7 Å². The molecule has 156 valence electrons. The van der Waals surface area contributed by atoms with Gasteiger partial charge in [-0.3, -0.25) is 9.59 Å². The maximum Gasteiger partial charge on any atom is 0.319 e. The summed E-state index contributed by atoms with van der Waals surface area (Å²) in [4.78, 5) is 33.9. The fourth-order valence-corrected chi connectivity index (χ4v) is 4.52. The van der Waals surface area contributed by atoms with E-state index >= 15 is 0 Å². The van der Waals surface area contributed by atoms with Crippen molar-refractivity contribution in [1.82, 2.24) is 9.97 Å². The predicted octanol–water partition coefficient (Wildman–Crippen LogP) is 4.79. The number of carbonyl (C=O) groups is 2. The van der Waals surface area contributed by atoms with E-state index in [0.717, 1.165) is 16.6 Å². The van der Waals surface area contributed by atoms with E-state index in [1.807, 2.05) is 38.1 Å². The predicted molar refractivity (Wildman–Crippen MR) is 124 cm³/mol. The van der Waals surface area contributed by atoms with Gasteiger partial charge in [-0.15, -0.1) is 12.6 Å². The largest absolute Gasteiger partial charge is 0.480 e. The van der Waals surface area contributed by atoms with Crippen molar-refractivity contribution in [3.05, 3.63) is 101 Å². The van der Waals surface area contributed by atoms with E-state index in [2.05, 4.69) is 22.6 Å². The van der Waals surface area contributed by atoms with Gasteiger partial charge in [0.1, 0.15) is 17.2 Å². The molecule has 6 heteroatoms. The van der Waals surface area contributed by atoms with E-state index in [0.29, 0.717) is 16.6 Å². The lowest BCUT2D eigenvalue weighted by atomic mass is 9.65. The molecule has 2 N–H and O–H groups in total. The zero-order chi connectivity index (χ0) is 22.2. The minimum absolute atomic E-state index is 0.273. The highest BCUT2D eigenvalue weighted by Gasteiger charge is 2.53. The number of thiol groups is 1. The maximum atomic E-state index is 13.0.